The van der Waals surface area contributed by atoms with E-state index in [0.717, 1.165) is 12.1 Å². The zero-order chi connectivity index (χ0) is 12.5. The molecule has 1 aromatic carbocycles. The number of hydrogen-bond donors (Lipinski definition) is 0. The molecule has 0 unspecified atom stereocenters. The Morgan fingerprint density at radius 3 is 2.38 bits per heavy atom. The molecule has 0 spiro atoms. The van der Waals surface area contributed by atoms with Crippen molar-refractivity contribution in [3.05, 3.63) is 31.9 Å². The molecule has 0 aliphatic heterocycles. The molecule has 0 fully saturated rings. The van der Waals surface area contributed by atoms with E-state index in [2.05, 4.69) is 0 Å². The quantitative estimate of drug-likeness (QED) is 0.421. The molecule has 0 atom stereocenters. The molecule has 0 saturated heterocycles. The van der Waals surface area contributed by atoms with Gasteiger partial charge < -0.3 is 0 Å². The van der Waals surface area contributed by atoms with Crippen LogP contribution in [-0.4, -0.2) is 11.7 Å². The van der Waals surface area contributed by atoms with Gasteiger partial charge in [-0.2, -0.15) is 13.2 Å². The van der Waals surface area contributed by atoms with Crippen LogP contribution in [-0.2, 0) is 6.18 Å². The average molecular weight is 383 g/mol. The number of alkyl halides is 4. The lowest BCUT2D eigenvalue weighted by atomic mass is 10.0. The monoisotopic (exact) mass is 382 g/mol. The summed E-state index contributed by atoms with van der Waals surface area (Å²) in [5, 5.41) is 0.0749. The van der Waals surface area contributed by atoms with Crippen molar-refractivity contribution in [2.45, 2.75) is 6.18 Å². The molecule has 0 N–H and O–H groups in total. The van der Waals surface area contributed by atoms with Crippen molar-refractivity contribution in [3.63, 3.8) is 0 Å². The van der Waals surface area contributed by atoms with Gasteiger partial charge in [-0.25, -0.2) is 0 Å². The normalized spacial score (nSPS) is 11.6. The SMILES string of the molecule is O=C(CCl)c1cc(Cl)cc(I)c1C(F)(F)F. The Bertz CT molecular complexity index is 431. The molecule has 88 valence electrons. The minimum Gasteiger partial charge on any atom is -0.293 e. The smallest absolute Gasteiger partial charge is 0.293 e. The Kier molecular flexibility index (Phi) is 4.48. The molecule has 0 heterocycles. The van der Waals surface area contributed by atoms with Gasteiger partial charge in [-0.3, -0.25) is 4.79 Å². The molecule has 0 saturated carbocycles. The first kappa shape index (κ1) is 14.1. The maximum atomic E-state index is 12.7. The van der Waals surface area contributed by atoms with Crippen molar-refractivity contribution in [1.82, 2.24) is 0 Å². The molecular formula is C9H4Cl2F3IO. The summed E-state index contributed by atoms with van der Waals surface area (Å²) in [6, 6.07) is 2.13. The van der Waals surface area contributed by atoms with E-state index in [4.69, 9.17) is 23.2 Å². The van der Waals surface area contributed by atoms with Crippen LogP contribution in [0.15, 0.2) is 12.1 Å². The minimum absolute atomic E-state index is 0.0749. The predicted molar refractivity (Wildman–Crippen MR) is 64.2 cm³/mol. The minimum atomic E-state index is -4.60. The van der Waals surface area contributed by atoms with Gasteiger partial charge in [0.1, 0.15) is 0 Å². The van der Waals surface area contributed by atoms with Gasteiger partial charge in [0.25, 0.3) is 0 Å². The first-order valence-corrected chi connectivity index (χ1v) is 5.92. The van der Waals surface area contributed by atoms with E-state index >= 15 is 0 Å². The number of hydrogen-bond acceptors (Lipinski definition) is 1. The van der Waals surface area contributed by atoms with Crippen LogP contribution < -0.4 is 0 Å². The van der Waals surface area contributed by atoms with Gasteiger partial charge in [0, 0.05) is 14.2 Å². The van der Waals surface area contributed by atoms with Gasteiger partial charge in [0.15, 0.2) is 5.78 Å². The van der Waals surface area contributed by atoms with Crippen LogP contribution in [0.1, 0.15) is 15.9 Å². The highest BCUT2D eigenvalue weighted by atomic mass is 127. The fraction of sp³-hybridized carbons (Fsp3) is 0.222. The van der Waals surface area contributed by atoms with Crippen molar-refractivity contribution < 1.29 is 18.0 Å². The molecule has 0 aliphatic carbocycles. The Morgan fingerprint density at radius 1 is 1.38 bits per heavy atom. The van der Waals surface area contributed by atoms with Crippen LogP contribution in [0.3, 0.4) is 0 Å². The second-order valence-electron chi connectivity index (χ2n) is 2.86. The largest absolute Gasteiger partial charge is 0.418 e. The van der Waals surface area contributed by atoms with Gasteiger partial charge in [0.05, 0.1) is 11.4 Å². The summed E-state index contributed by atoms with van der Waals surface area (Å²) in [6.07, 6.45) is -4.60. The second kappa shape index (κ2) is 5.10. The predicted octanol–water partition coefficient (Wildman–Crippen LogP) is 4.38. The molecular weight excluding hydrogens is 379 g/mol. The van der Waals surface area contributed by atoms with E-state index in [1.807, 2.05) is 0 Å². The highest BCUT2D eigenvalue weighted by Crippen LogP contribution is 2.37. The highest BCUT2D eigenvalue weighted by molar-refractivity contribution is 14.1. The zero-order valence-electron chi connectivity index (χ0n) is 7.54. The summed E-state index contributed by atoms with van der Waals surface area (Å²) in [5.74, 6) is -1.31. The zero-order valence-corrected chi connectivity index (χ0v) is 11.2. The number of halogens is 6. The van der Waals surface area contributed by atoms with Crippen LogP contribution in [0.4, 0.5) is 13.2 Å². The summed E-state index contributed by atoms with van der Waals surface area (Å²) in [6.45, 7) is 0. The Labute approximate surface area is 113 Å². The lowest BCUT2D eigenvalue weighted by molar-refractivity contribution is -0.138. The molecule has 0 amide bonds. The fourth-order valence-electron chi connectivity index (χ4n) is 1.15. The summed E-state index contributed by atoms with van der Waals surface area (Å²) in [5.41, 5.74) is -1.47. The van der Waals surface area contributed by atoms with Crippen molar-refractivity contribution in [2.24, 2.45) is 0 Å². The summed E-state index contributed by atoms with van der Waals surface area (Å²) < 4.78 is 38.0. The fourth-order valence-corrected chi connectivity index (χ4v) is 2.63. The summed E-state index contributed by atoms with van der Waals surface area (Å²) in [7, 11) is 0. The number of ketones is 1. The van der Waals surface area contributed by atoms with Crippen LogP contribution in [0.25, 0.3) is 0 Å². The molecule has 0 aliphatic rings. The van der Waals surface area contributed by atoms with E-state index in [-0.39, 0.29) is 8.59 Å². The Hall–Kier alpha value is -0.0100. The lowest BCUT2D eigenvalue weighted by Gasteiger charge is -2.13. The van der Waals surface area contributed by atoms with Gasteiger partial charge in [0.2, 0.25) is 0 Å². The average Bonchev–Trinajstić information content (AvgIpc) is 2.12. The third-order valence-electron chi connectivity index (χ3n) is 1.76. The van der Waals surface area contributed by atoms with E-state index in [1.165, 1.54) is 22.6 Å². The molecule has 0 aromatic heterocycles. The Morgan fingerprint density at radius 2 is 1.94 bits per heavy atom. The molecule has 1 aromatic rings. The van der Waals surface area contributed by atoms with Crippen LogP contribution in [0.5, 0.6) is 0 Å². The van der Waals surface area contributed by atoms with Gasteiger partial charge >= 0.3 is 6.18 Å². The van der Waals surface area contributed by atoms with Crippen molar-refractivity contribution in [2.75, 3.05) is 5.88 Å². The molecule has 1 nitrogen and oxygen atoms in total. The van der Waals surface area contributed by atoms with E-state index in [1.54, 1.807) is 0 Å². The first-order valence-electron chi connectivity index (χ1n) is 3.92. The van der Waals surface area contributed by atoms with Crippen LogP contribution >= 0.6 is 45.8 Å². The van der Waals surface area contributed by atoms with Crippen LogP contribution in [0, 0.1) is 3.57 Å². The molecule has 16 heavy (non-hydrogen) atoms. The number of rotatable bonds is 2. The van der Waals surface area contributed by atoms with Gasteiger partial charge in [-0.15, -0.1) is 11.6 Å². The van der Waals surface area contributed by atoms with Gasteiger partial charge in [-0.1, -0.05) is 11.6 Å². The number of Topliss-reactive ketones (excluding diaryl/α,β-unsaturated/α-hetero) is 1. The number of benzene rings is 1. The summed E-state index contributed by atoms with van der Waals surface area (Å²) >= 11 is 12.3. The third kappa shape index (κ3) is 3.01. The Balaban J connectivity index is 3.51. The third-order valence-corrected chi connectivity index (χ3v) is 3.07. The molecule has 0 radical (unpaired) electrons. The standard InChI is InChI=1S/C9H4Cl2F3IO/c10-3-7(16)5-1-4(11)2-6(15)8(5)9(12,13)14/h1-2H,3H2. The maximum absolute atomic E-state index is 12.7. The summed E-state index contributed by atoms with van der Waals surface area (Å²) in [4.78, 5) is 11.3. The van der Waals surface area contributed by atoms with Crippen molar-refractivity contribution in [3.8, 4) is 0 Å². The maximum Gasteiger partial charge on any atom is 0.418 e. The highest BCUT2D eigenvalue weighted by Gasteiger charge is 2.37. The van der Waals surface area contributed by atoms with Crippen molar-refractivity contribution in [1.29, 1.82) is 0 Å². The number of carbonyl (C=O) groups excluding carboxylic acids is 1. The van der Waals surface area contributed by atoms with Crippen LogP contribution in [0.2, 0.25) is 5.02 Å². The first-order chi connectivity index (χ1) is 7.27. The van der Waals surface area contributed by atoms with E-state index < -0.39 is 29.0 Å². The molecule has 1 rings (SSSR count). The second-order valence-corrected chi connectivity index (χ2v) is 4.73. The molecule has 7 heteroatoms. The molecule has 0 bridgehead atoms. The topological polar surface area (TPSA) is 17.1 Å². The van der Waals surface area contributed by atoms with Crippen molar-refractivity contribution >= 4 is 51.6 Å². The lowest BCUT2D eigenvalue weighted by Crippen LogP contribution is -2.16. The van der Waals surface area contributed by atoms with E-state index in [0.29, 0.717) is 0 Å². The van der Waals surface area contributed by atoms with Gasteiger partial charge in [-0.05, 0) is 34.7 Å². The van der Waals surface area contributed by atoms with E-state index in [9.17, 15) is 18.0 Å². The number of carbonyl (C=O) groups is 1.